The smallest absolute Gasteiger partial charge is 0.365 e. The lowest BCUT2D eigenvalue weighted by Crippen LogP contribution is -2.11. The monoisotopic (exact) mass is 234 g/mol. The first-order valence-corrected chi connectivity index (χ1v) is 5.52. The summed E-state index contributed by atoms with van der Waals surface area (Å²) in [4.78, 5) is 11.7. The molecule has 0 amide bonds. The number of nitrogens with zero attached hydrogens (tertiary/aromatic N) is 4. The van der Waals surface area contributed by atoms with E-state index >= 15 is 0 Å². The number of carbonyl (C=O) groups is 1. The molecule has 0 saturated heterocycles. The van der Waals surface area contributed by atoms with Gasteiger partial charge in [-0.2, -0.15) is 5.10 Å². The Balaban J connectivity index is 2.05. The summed E-state index contributed by atoms with van der Waals surface area (Å²) in [6.45, 7) is 5.37. The van der Waals surface area contributed by atoms with Crippen molar-refractivity contribution in [2.45, 2.75) is 26.9 Å². The Morgan fingerprint density at radius 1 is 1.18 bits per heavy atom. The predicted octanol–water partition coefficient (Wildman–Crippen LogP) is 1.34. The minimum absolute atomic E-state index is 0.290. The average Bonchev–Trinajstić information content (AvgIpc) is 2.96. The highest BCUT2D eigenvalue weighted by molar-refractivity contribution is 5.88. The Bertz CT molecular complexity index is 515. The van der Waals surface area contributed by atoms with Crippen molar-refractivity contribution in [3.63, 3.8) is 0 Å². The van der Waals surface area contributed by atoms with Crippen molar-refractivity contribution < 1.29 is 9.53 Å². The zero-order valence-electron chi connectivity index (χ0n) is 9.83. The third-order valence-corrected chi connectivity index (χ3v) is 2.31. The first-order chi connectivity index (χ1) is 8.22. The van der Waals surface area contributed by atoms with Gasteiger partial charge in [-0.3, -0.25) is 9.36 Å². The third kappa shape index (κ3) is 2.52. The highest BCUT2D eigenvalue weighted by Crippen LogP contribution is 2.08. The van der Waals surface area contributed by atoms with Crippen molar-refractivity contribution >= 4 is 5.97 Å². The molecule has 0 saturated carbocycles. The molecule has 0 unspecified atom stereocenters. The molecule has 2 aromatic heterocycles. The van der Waals surface area contributed by atoms with Gasteiger partial charge in [-0.05, 0) is 19.9 Å². The fourth-order valence-corrected chi connectivity index (χ4v) is 1.37. The molecule has 2 aromatic rings. The number of hydrogen-bond acceptors (Lipinski definition) is 4. The number of aromatic nitrogens is 4. The van der Waals surface area contributed by atoms with Gasteiger partial charge < -0.3 is 4.74 Å². The topological polar surface area (TPSA) is 61.9 Å². The number of ether oxygens (including phenoxy) is 1. The van der Waals surface area contributed by atoms with Gasteiger partial charge in [-0.1, -0.05) is 0 Å². The summed E-state index contributed by atoms with van der Waals surface area (Å²) in [5.74, 6) is -0.193. The fraction of sp³-hybridized carbons (Fsp3) is 0.364. The molecule has 2 rings (SSSR count). The molecule has 90 valence electrons. The normalized spacial score (nSPS) is 10.5. The van der Waals surface area contributed by atoms with Gasteiger partial charge in [-0.25, -0.2) is 4.79 Å². The van der Waals surface area contributed by atoms with Crippen LogP contribution in [0.3, 0.4) is 0 Å². The van der Waals surface area contributed by atoms with Crippen LogP contribution in [0.1, 0.15) is 24.3 Å². The van der Waals surface area contributed by atoms with E-state index in [2.05, 4.69) is 10.2 Å². The summed E-state index contributed by atoms with van der Waals surface area (Å²) in [6, 6.07) is 3.28. The van der Waals surface area contributed by atoms with E-state index in [1.165, 1.54) is 0 Å². The van der Waals surface area contributed by atoms with E-state index in [1.54, 1.807) is 33.9 Å². The second-order valence-corrected chi connectivity index (χ2v) is 3.46. The van der Waals surface area contributed by atoms with Gasteiger partial charge in [0.1, 0.15) is 0 Å². The number of carbonyl (C=O) groups excluding carboxylic acids is 1. The summed E-state index contributed by atoms with van der Waals surface area (Å²) in [5, 5.41) is 8.12. The van der Waals surface area contributed by atoms with Crippen LogP contribution in [0, 0.1) is 0 Å². The Morgan fingerprint density at radius 2 is 1.82 bits per heavy atom. The first-order valence-electron chi connectivity index (χ1n) is 5.52. The van der Waals surface area contributed by atoms with Crippen molar-refractivity contribution in [1.82, 2.24) is 19.6 Å². The third-order valence-electron chi connectivity index (χ3n) is 2.31. The molecule has 0 fully saturated rings. The van der Waals surface area contributed by atoms with Crippen molar-refractivity contribution in [3.8, 4) is 5.88 Å². The maximum atomic E-state index is 11.7. The van der Waals surface area contributed by atoms with E-state index in [0.29, 0.717) is 5.88 Å². The minimum atomic E-state index is -0.487. The maximum Gasteiger partial charge on any atom is 0.365 e. The summed E-state index contributed by atoms with van der Waals surface area (Å²) in [6.07, 6.45) is 3.49. The first kappa shape index (κ1) is 11.4. The molecule has 0 aliphatic heterocycles. The lowest BCUT2D eigenvalue weighted by molar-refractivity contribution is 0.0719. The Morgan fingerprint density at radius 3 is 2.41 bits per heavy atom. The molecule has 0 aromatic carbocycles. The van der Waals surface area contributed by atoms with E-state index in [4.69, 9.17) is 4.74 Å². The molecule has 0 N–H and O–H groups in total. The van der Waals surface area contributed by atoms with Crippen LogP contribution in [-0.4, -0.2) is 25.5 Å². The number of hydrogen-bond donors (Lipinski definition) is 0. The molecular formula is C11H14N4O2. The molecule has 0 radical (unpaired) electrons. The lowest BCUT2D eigenvalue weighted by Gasteiger charge is -1.97. The van der Waals surface area contributed by atoms with Crippen molar-refractivity contribution in [2.75, 3.05) is 0 Å². The minimum Gasteiger partial charge on any atom is -0.401 e. The van der Waals surface area contributed by atoms with E-state index in [9.17, 15) is 4.79 Å². The molecule has 0 aliphatic rings. The zero-order valence-corrected chi connectivity index (χ0v) is 9.83. The van der Waals surface area contributed by atoms with Crippen LogP contribution in [0.25, 0.3) is 0 Å². The second kappa shape index (κ2) is 4.82. The van der Waals surface area contributed by atoms with Crippen molar-refractivity contribution in [1.29, 1.82) is 0 Å². The molecule has 0 spiro atoms. The number of esters is 1. The zero-order chi connectivity index (χ0) is 12.3. The summed E-state index contributed by atoms with van der Waals surface area (Å²) < 4.78 is 8.45. The number of rotatable bonds is 4. The van der Waals surface area contributed by atoms with E-state index < -0.39 is 5.97 Å². The molecule has 6 nitrogen and oxygen atoms in total. The fourth-order valence-electron chi connectivity index (χ4n) is 1.37. The maximum absolute atomic E-state index is 11.7. The average molecular weight is 234 g/mol. The van der Waals surface area contributed by atoms with Gasteiger partial charge in [0, 0.05) is 31.5 Å². The molecule has 0 aliphatic carbocycles. The highest BCUT2D eigenvalue weighted by Gasteiger charge is 2.13. The van der Waals surface area contributed by atoms with Gasteiger partial charge >= 0.3 is 5.97 Å². The molecule has 2 heterocycles. The molecule has 17 heavy (non-hydrogen) atoms. The van der Waals surface area contributed by atoms with Gasteiger partial charge in [0.15, 0.2) is 5.69 Å². The summed E-state index contributed by atoms with van der Waals surface area (Å²) >= 11 is 0. The molecular weight excluding hydrogens is 220 g/mol. The van der Waals surface area contributed by atoms with Crippen LogP contribution in [-0.2, 0) is 13.1 Å². The van der Waals surface area contributed by atoms with Gasteiger partial charge in [0.05, 0.1) is 0 Å². The Labute approximate surface area is 98.8 Å². The van der Waals surface area contributed by atoms with Crippen LogP contribution in [0.15, 0.2) is 24.5 Å². The van der Waals surface area contributed by atoms with Gasteiger partial charge in [0.25, 0.3) is 0 Å². The highest BCUT2D eigenvalue weighted by atomic mass is 16.5. The van der Waals surface area contributed by atoms with Gasteiger partial charge in [-0.15, -0.1) is 5.10 Å². The summed E-state index contributed by atoms with van der Waals surface area (Å²) in [5.41, 5.74) is 0.290. The van der Waals surface area contributed by atoms with Gasteiger partial charge in [0.2, 0.25) is 5.88 Å². The number of aryl methyl sites for hydroxylation is 2. The molecule has 0 bridgehead atoms. The standard InChI is InChI=1S/C11H14N4O2/c1-3-14-7-5-9(12-14)11(16)17-10-6-8-15(4-2)13-10/h5-8H,3-4H2,1-2H3. The Kier molecular flexibility index (Phi) is 3.22. The van der Waals surface area contributed by atoms with Crippen LogP contribution >= 0.6 is 0 Å². The SMILES string of the molecule is CCn1ccc(OC(=O)c2ccn(CC)n2)n1. The van der Waals surface area contributed by atoms with E-state index in [1.807, 2.05) is 13.8 Å². The van der Waals surface area contributed by atoms with Crippen LogP contribution in [0.5, 0.6) is 5.88 Å². The van der Waals surface area contributed by atoms with E-state index in [0.717, 1.165) is 13.1 Å². The van der Waals surface area contributed by atoms with Crippen LogP contribution < -0.4 is 4.74 Å². The largest absolute Gasteiger partial charge is 0.401 e. The van der Waals surface area contributed by atoms with Crippen molar-refractivity contribution in [3.05, 3.63) is 30.2 Å². The van der Waals surface area contributed by atoms with Crippen LogP contribution in [0.2, 0.25) is 0 Å². The predicted molar refractivity (Wildman–Crippen MR) is 60.8 cm³/mol. The van der Waals surface area contributed by atoms with E-state index in [-0.39, 0.29) is 5.69 Å². The van der Waals surface area contributed by atoms with Crippen molar-refractivity contribution in [2.24, 2.45) is 0 Å². The quantitative estimate of drug-likeness (QED) is 0.749. The summed E-state index contributed by atoms with van der Waals surface area (Å²) in [7, 11) is 0. The lowest BCUT2D eigenvalue weighted by atomic mass is 10.4. The van der Waals surface area contributed by atoms with Crippen LogP contribution in [0.4, 0.5) is 0 Å². The Hall–Kier alpha value is -2.11. The second-order valence-electron chi connectivity index (χ2n) is 3.46. The molecule has 0 atom stereocenters. The molecule has 6 heteroatoms.